The zero-order valence-corrected chi connectivity index (χ0v) is 13.7. The van der Waals surface area contributed by atoms with Crippen molar-refractivity contribution in [3.8, 4) is 0 Å². The Balaban J connectivity index is 1.72. The number of aromatic nitrogens is 4. The highest BCUT2D eigenvalue weighted by Crippen LogP contribution is 2.18. The van der Waals surface area contributed by atoms with E-state index < -0.39 is 0 Å². The van der Waals surface area contributed by atoms with Crippen molar-refractivity contribution < 1.29 is 4.79 Å². The minimum absolute atomic E-state index is 0.0202. The molecule has 7 nitrogen and oxygen atoms in total. The number of hydrogen-bond acceptors (Lipinski definition) is 6. The Hall–Kier alpha value is -1.15. The van der Waals surface area contributed by atoms with Crippen LogP contribution < -0.4 is 10.6 Å². The zero-order valence-electron chi connectivity index (χ0n) is 12.9. The van der Waals surface area contributed by atoms with Gasteiger partial charge in [-0.3, -0.25) is 4.79 Å². The van der Waals surface area contributed by atoms with E-state index in [-0.39, 0.29) is 11.9 Å². The summed E-state index contributed by atoms with van der Waals surface area (Å²) >= 11 is 1.38. The van der Waals surface area contributed by atoms with Gasteiger partial charge in [-0.05, 0) is 36.1 Å². The molecule has 1 aliphatic carbocycles. The topological polar surface area (TPSA) is 84.7 Å². The van der Waals surface area contributed by atoms with Gasteiger partial charge in [0.15, 0.2) is 0 Å². The summed E-state index contributed by atoms with van der Waals surface area (Å²) in [5, 5.41) is 18.7. The molecule has 1 heterocycles. The first-order valence-electron chi connectivity index (χ1n) is 7.48. The van der Waals surface area contributed by atoms with Gasteiger partial charge < -0.3 is 10.6 Å². The first-order chi connectivity index (χ1) is 10.1. The molecule has 1 aromatic rings. The van der Waals surface area contributed by atoms with Gasteiger partial charge in [0.1, 0.15) is 0 Å². The van der Waals surface area contributed by atoms with Crippen molar-refractivity contribution in [1.82, 2.24) is 30.8 Å². The standard InChI is InChI=1S/C13H24N6OS/c1-9(2)10(3)15-12(20)8-21-13-16-17-18-19(13)7-6-14-11-4-5-11/h9-11,14H,4-8H2,1-3H3,(H,15,20). The predicted octanol–water partition coefficient (Wildman–Crippen LogP) is 0.678. The number of thioether (sulfide) groups is 1. The van der Waals surface area contributed by atoms with Gasteiger partial charge in [-0.2, -0.15) is 0 Å². The fourth-order valence-electron chi connectivity index (χ4n) is 1.69. The van der Waals surface area contributed by atoms with Crippen LogP contribution in [0.1, 0.15) is 33.6 Å². The van der Waals surface area contributed by atoms with Crippen LogP contribution in [0, 0.1) is 5.92 Å². The Morgan fingerprint density at radius 2 is 2.19 bits per heavy atom. The first kappa shape index (κ1) is 16.2. The molecule has 1 aromatic heterocycles. The van der Waals surface area contributed by atoms with Crippen molar-refractivity contribution >= 4 is 17.7 Å². The lowest BCUT2D eigenvalue weighted by Gasteiger charge is -2.17. The molecule has 1 atom stereocenters. The summed E-state index contributed by atoms with van der Waals surface area (Å²) < 4.78 is 1.75. The van der Waals surface area contributed by atoms with E-state index in [4.69, 9.17) is 0 Å². The largest absolute Gasteiger partial charge is 0.353 e. The van der Waals surface area contributed by atoms with Gasteiger partial charge in [-0.25, -0.2) is 4.68 Å². The van der Waals surface area contributed by atoms with E-state index in [1.807, 2.05) is 6.92 Å². The maximum absolute atomic E-state index is 11.9. The minimum atomic E-state index is 0.0202. The van der Waals surface area contributed by atoms with E-state index in [1.54, 1.807) is 4.68 Å². The number of carbonyl (C=O) groups is 1. The fraction of sp³-hybridized carbons (Fsp3) is 0.846. The van der Waals surface area contributed by atoms with Crippen molar-refractivity contribution in [2.24, 2.45) is 5.92 Å². The molecular formula is C13H24N6OS. The maximum atomic E-state index is 11.9. The Bertz CT molecular complexity index is 459. The van der Waals surface area contributed by atoms with Crippen LogP contribution in [-0.4, -0.2) is 50.5 Å². The molecule has 2 rings (SSSR count). The van der Waals surface area contributed by atoms with E-state index in [2.05, 4.69) is 40.0 Å². The van der Waals surface area contributed by atoms with Crippen molar-refractivity contribution in [2.45, 2.75) is 57.4 Å². The molecule has 2 N–H and O–H groups in total. The van der Waals surface area contributed by atoms with Crippen molar-refractivity contribution in [1.29, 1.82) is 0 Å². The quantitative estimate of drug-likeness (QED) is 0.652. The number of carbonyl (C=O) groups excluding carboxylic acids is 1. The van der Waals surface area contributed by atoms with E-state index >= 15 is 0 Å². The molecule has 8 heteroatoms. The third kappa shape index (κ3) is 5.62. The zero-order chi connectivity index (χ0) is 15.2. The number of nitrogens with zero attached hydrogens (tertiary/aromatic N) is 4. The van der Waals surface area contributed by atoms with E-state index in [0.29, 0.717) is 22.9 Å². The van der Waals surface area contributed by atoms with Crippen LogP contribution in [0.3, 0.4) is 0 Å². The van der Waals surface area contributed by atoms with Crippen molar-refractivity contribution in [3.63, 3.8) is 0 Å². The second kappa shape index (κ2) is 7.74. The molecule has 0 bridgehead atoms. The van der Waals surface area contributed by atoms with E-state index in [9.17, 15) is 4.79 Å². The van der Waals surface area contributed by atoms with Crippen LogP contribution >= 0.6 is 11.8 Å². The molecule has 0 spiro atoms. The van der Waals surface area contributed by atoms with E-state index in [0.717, 1.165) is 13.1 Å². The van der Waals surface area contributed by atoms with Crippen LogP contribution in [0.15, 0.2) is 5.16 Å². The van der Waals surface area contributed by atoms with Crippen LogP contribution in [-0.2, 0) is 11.3 Å². The van der Waals surface area contributed by atoms with Crippen LogP contribution in [0.5, 0.6) is 0 Å². The third-order valence-electron chi connectivity index (χ3n) is 3.55. The smallest absolute Gasteiger partial charge is 0.230 e. The third-order valence-corrected chi connectivity index (χ3v) is 4.51. The molecule has 1 amide bonds. The van der Waals surface area contributed by atoms with Gasteiger partial charge in [0.25, 0.3) is 0 Å². The Kier molecular flexibility index (Phi) is 5.98. The average Bonchev–Trinajstić information content (AvgIpc) is 3.14. The molecule has 1 unspecified atom stereocenters. The highest BCUT2D eigenvalue weighted by molar-refractivity contribution is 7.99. The fourth-order valence-corrected chi connectivity index (χ4v) is 2.41. The minimum Gasteiger partial charge on any atom is -0.353 e. The molecule has 0 aliphatic heterocycles. The summed E-state index contributed by atoms with van der Waals surface area (Å²) in [6, 6.07) is 0.859. The normalized spacial score (nSPS) is 16.2. The Morgan fingerprint density at radius 1 is 1.43 bits per heavy atom. The van der Waals surface area contributed by atoms with Gasteiger partial charge in [-0.15, -0.1) is 5.10 Å². The summed E-state index contributed by atoms with van der Waals surface area (Å²) in [5.74, 6) is 0.789. The average molecular weight is 312 g/mol. The number of tetrazole rings is 1. The molecule has 0 aromatic carbocycles. The summed E-state index contributed by atoms with van der Waals surface area (Å²) in [6.45, 7) is 7.79. The molecule has 0 saturated heterocycles. The van der Waals surface area contributed by atoms with Crippen molar-refractivity contribution in [3.05, 3.63) is 0 Å². The molecule has 1 saturated carbocycles. The first-order valence-corrected chi connectivity index (χ1v) is 8.46. The van der Waals surface area contributed by atoms with E-state index in [1.165, 1.54) is 24.6 Å². The highest BCUT2D eigenvalue weighted by Gasteiger charge is 2.20. The molecule has 1 fully saturated rings. The van der Waals surface area contributed by atoms with Gasteiger partial charge in [0.05, 0.1) is 12.3 Å². The lowest BCUT2D eigenvalue weighted by molar-refractivity contribution is -0.119. The molecule has 118 valence electrons. The van der Waals surface area contributed by atoms with Gasteiger partial charge in [-0.1, -0.05) is 25.6 Å². The number of amides is 1. The van der Waals surface area contributed by atoms with Crippen LogP contribution in [0.25, 0.3) is 0 Å². The molecular weight excluding hydrogens is 288 g/mol. The Labute approximate surface area is 129 Å². The lowest BCUT2D eigenvalue weighted by atomic mass is 10.1. The molecule has 0 radical (unpaired) electrons. The second-order valence-electron chi connectivity index (χ2n) is 5.80. The van der Waals surface area contributed by atoms with Crippen LogP contribution in [0.2, 0.25) is 0 Å². The predicted molar refractivity (Wildman–Crippen MR) is 82.0 cm³/mol. The monoisotopic (exact) mass is 312 g/mol. The van der Waals surface area contributed by atoms with Crippen LogP contribution in [0.4, 0.5) is 0 Å². The maximum Gasteiger partial charge on any atom is 0.230 e. The molecule has 21 heavy (non-hydrogen) atoms. The summed E-state index contributed by atoms with van der Waals surface area (Å²) in [6.07, 6.45) is 2.54. The number of rotatable bonds is 9. The number of nitrogens with one attached hydrogen (secondary N) is 2. The molecule has 1 aliphatic rings. The summed E-state index contributed by atoms with van der Waals surface area (Å²) in [7, 11) is 0. The Morgan fingerprint density at radius 3 is 2.86 bits per heavy atom. The second-order valence-corrected chi connectivity index (χ2v) is 6.74. The van der Waals surface area contributed by atoms with Gasteiger partial charge in [0, 0.05) is 18.6 Å². The summed E-state index contributed by atoms with van der Waals surface area (Å²) in [5.41, 5.74) is 0. The lowest BCUT2D eigenvalue weighted by Crippen LogP contribution is -2.37. The SMILES string of the molecule is CC(C)C(C)NC(=O)CSc1nnnn1CCNC1CC1. The summed E-state index contributed by atoms with van der Waals surface area (Å²) in [4.78, 5) is 11.9. The van der Waals surface area contributed by atoms with Gasteiger partial charge >= 0.3 is 0 Å². The highest BCUT2D eigenvalue weighted by atomic mass is 32.2. The number of hydrogen-bond donors (Lipinski definition) is 2. The van der Waals surface area contributed by atoms with Crippen molar-refractivity contribution in [2.75, 3.05) is 12.3 Å². The van der Waals surface area contributed by atoms with Gasteiger partial charge in [0.2, 0.25) is 11.1 Å².